The molecule has 0 spiro atoms. The van der Waals surface area contributed by atoms with Gasteiger partial charge in [-0.3, -0.25) is 4.79 Å². The van der Waals surface area contributed by atoms with Crippen molar-refractivity contribution < 1.29 is 19.0 Å². The van der Waals surface area contributed by atoms with Crippen LogP contribution in [0.2, 0.25) is 0 Å². The van der Waals surface area contributed by atoms with E-state index in [1.807, 2.05) is 12.1 Å². The van der Waals surface area contributed by atoms with Crippen LogP contribution in [0, 0.1) is 0 Å². The molecule has 24 heavy (non-hydrogen) atoms. The second-order valence-corrected chi connectivity index (χ2v) is 5.75. The molecule has 0 unspecified atom stereocenters. The molecule has 0 bridgehead atoms. The summed E-state index contributed by atoms with van der Waals surface area (Å²) in [6.07, 6.45) is 5.05. The van der Waals surface area contributed by atoms with Crippen LogP contribution in [0.1, 0.15) is 39.0 Å². The average molecular weight is 330 g/mol. The zero-order valence-corrected chi connectivity index (χ0v) is 14.3. The van der Waals surface area contributed by atoms with Crippen molar-refractivity contribution in [1.29, 1.82) is 0 Å². The lowest BCUT2D eigenvalue weighted by Gasteiger charge is -2.09. The predicted octanol–water partition coefficient (Wildman–Crippen LogP) is 4.74. The van der Waals surface area contributed by atoms with E-state index in [0.717, 1.165) is 61.0 Å². The number of carbonyl (C=O) groups excluding carboxylic acids is 1. The van der Waals surface area contributed by atoms with Gasteiger partial charge in [0.15, 0.2) is 0 Å². The van der Waals surface area contributed by atoms with Crippen molar-refractivity contribution in [3.63, 3.8) is 0 Å². The monoisotopic (exact) mass is 330 g/mol. The Bertz CT molecular complexity index is 624. The number of carbonyl (C=O) groups is 1. The minimum atomic E-state index is 0.502. The third-order valence-corrected chi connectivity index (χ3v) is 3.75. The molecule has 2 rings (SSSR count). The van der Waals surface area contributed by atoms with Gasteiger partial charge in [0.1, 0.15) is 11.5 Å². The first kappa shape index (κ1) is 18.1. The number of benzene rings is 2. The summed E-state index contributed by atoms with van der Waals surface area (Å²) in [5.74, 6) is 1.81. The number of rotatable bonds is 12. The third kappa shape index (κ3) is 6.11. The Labute approximate surface area is 143 Å². The van der Waals surface area contributed by atoms with Gasteiger partial charge < -0.3 is 14.2 Å². The molecule has 4 nitrogen and oxygen atoms in total. The molecular weight excluding hydrogens is 304 g/mol. The van der Waals surface area contributed by atoms with Gasteiger partial charge in [0.2, 0.25) is 0 Å². The fraction of sp³-hybridized carbons (Fsp3) is 0.450. The van der Waals surface area contributed by atoms with Gasteiger partial charge in [0.25, 0.3) is 6.47 Å². The third-order valence-electron chi connectivity index (χ3n) is 3.75. The number of hydrogen-bond donors (Lipinski definition) is 0. The van der Waals surface area contributed by atoms with E-state index in [1.165, 1.54) is 0 Å². The summed E-state index contributed by atoms with van der Waals surface area (Å²) in [4.78, 5) is 10.0. The molecule has 0 heterocycles. The highest BCUT2D eigenvalue weighted by Gasteiger charge is 2.01. The summed E-state index contributed by atoms with van der Waals surface area (Å²) >= 11 is 0. The Morgan fingerprint density at radius 3 is 1.96 bits per heavy atom. The van der Waals surface area contributed by atoms with E-state index in [9.17, 15) is 4.79 Å². The molecule has 0 aliphatic rings. The summed E-state index contributed by atoms with van der Waals surface area (Å²) in [5.41, 5.74) is 0. The zero-order chi connectivity index (χ0) is 17.0. The molecular formula is C20H26O4. The normalized spacial score (nSPS) is 10.5. The quantitative estimate of drug-likeness (QED) is 0.416. The van der Waals surface area contributed by atoms with E-state index in [1.54, 1.807) is 0 Å². The topological polar surface area (TPSA) is 44.8 Å². The number of ether oxygens (including phenoxy) is 3. The molecule has 0 aromatic heterocycles. The first-order valence-electron chi connectivity index (χ1n) is 8.68. The van der Waals surface area contributed by atoms with Crippen molar-refractivity contribution in [2.45, 2.75) is 39.0 Å². The average Bonchev–Trinajstić information content (AvgIpc) is 2.62. The van der Waals surface area contributed by atoms with E-state index in [0.29, 0.717) is 19.7 Å². The molecule has 0 aliphatic heterocycles. The van der Waals surface area contributed by atoms with Gasteiger partial charge in [0.05, 0.1) is 19.8 Å². The van der Waals surface area contributed by atoms with E-state index >= 15 is 0 Å². The van der Waals surface area contributed by atoms with Gasteiger partial charge in [-0.1, -0.05) is 19.1 Å². The van der Waals surface area contributed by atoms with Gasteiger partial charge in [0, 0.05) is 0 Å². The van der Waals surface area contributed by atoms with Gasteiger partial charge in [-0.05, 0) is 67.1 Å². The smallest absolute Gasteiger partial charge is 0.293 e. The second-order valence-electron chi connectivity index (χ2n) is 5.75. The molecule has 0 saturated carbocycles. The molecule has 0 N–H and O–H groups in total. The fourth-order valence-electron chi connectivity index (χ4n) is 2.48. The van der Waals surface area contributed by atoms with E-state index < -0.39 is 0 Å². The summed E-state index contributed by atoms with van der Waals surface area (Å²) < 4.78 is 16.1. The maximum absolute atomic E-state index is 10.0. The van der Waals surface area contributed by atoms with Crippen LogP contribution in [0.25, 0.3) is 10.8 Å². The summed E-state index contributed by atoms with van der Waals surface area (Å²) in [6, 6.07) is 12.3. The Morgan fingerprint density at radius 1 is 0.792 bits per heavy atom. The van der Waals surface area contributed by atoms with Crippen molar-refractivity contribution in [2.24, 2.45) is 0 Å². The van der Waals surface area contributed by atoms with Gasteiger partial charge in [-0.15, -0.1) is 0 Å². The highest BCUT2D eigenvalue weighted by atomic mass is 16.5. The first-order valence-corrected chi connectivity index (χ1v) is 8.68. The van der Waals surface area contributed by atoms with Crippen molar-refractivity contribution in [2.75, 3.05) is 19.8 Å². The van der Waals surface area contributed by atoms with Crippen molar-refractivity contribution in [3.8, 4) is 11.5 Å². The fourth-order valence-corrected chi connectivity index (χ4v) is 2.48. The summed E-state index contributed by atoms with van der Waals surface area (Å²) in [7, 11) is 0. The summed E-state index contributed by atoms with van der Waals surface area (Å²) in [5, 5.41) is 2.31. The first-order chi connectivity index (χ1) is 11.8. The Balaban J connectivity index is 1.75. The number of fused-ring (bicyclic) bond motifs is 1. The SMILES string of the molecule is CCCOc1ccc2cc(OCCCCCCOC=O)ccc2c1. The minimum Gasteiger partial charge on any atom is -0.494 e. The predicted molar refractivity (Wildman–Crippen MR) is 95.7 cm³/mol. The molecule has 130 valence electrons. The number of hydrogen-bond acceptors (Lipinski definition) is 4. The van der Waals surface area contributed by atoms with E-state index in [4.69, 9.17) is 9.47 Å². The van der Waals surface area contributed by atoms with Crippen LogP contribution in [0.15, 0.2) is 36.4 Å². The van der Waals surface area contributed by atoms with Gasteiger partial charge in [-0.25, -0.2) is 0 Å². The standard InChI is InChI=1S/C20H26O4/c1-2-11-23-19-9-7-18-15-20(10-8-17(18)14-19)24-13-6-4-3-5-12-22-16-21/h7-10,14-16H,2-6,11-13H2,1H3. The maximum Gasteiger partial charge on any atom is 0.293 e. The molecule has 0 amide bonds. The van der Waals surface area contributed by atoms with E-state index in [2.05, 4.69) is 35.9 Å². The molecule has 0 aliphatic carbocycles. The lowest BCUT2D eigenvalue weighted by molar-refractivity contribution is -0.128. The van der Waals surface area contributed by atoms with E-state index in [-0.39, 0.29) is 0 Å². The molecule has 2 aromatic carbocycles. The lowest BCUT2D eigenvalue weighted by atomic mass is 10.1. The summed E-state index contributed by atoms with van der Waals surface area (Å²) in [6.45, 7) is 4.57. The molecule has 2 aromatic rings. The van der Waals surface area contributed by atoms with Crippen LogP contribution in [-0.2, 0) is 9.53 Å². The Kier molecular flexibility index (Phi) is 7.94. The molecule has 4 heteroatoms. The Hall–Kier alpha value is -2.23. The lowest BCUT2D eigenvalue weighted by Crippen LogP contribution is -1.98. The Morgan fingerprint density at radius 2 is 1.38 bits per heavy atom. The van der Waals surface area contributed by atoms with Gasteiger partial charge in [-0.2, -0.15) is 0 Å². The van der Waals surface area contributed by atoms with Crippen LogP contribution < -0.4 is 9.47 Å². The largest absolute Gasteiger partial charge is 0.494 e. The van der Waals surface area contributed by atoms with Gasteiger partial charge >= 0.3 is 0 Å². The van der Waals surface area contributed by atoms with Crippen LogP contribution in [0.4, 0.5) is 0 Å². The van der Waals surface area contributed by atoms with Crippen LogP contribution >= 0.6 is 0 Å². The highest BCUT2D eigenvalue weighted by Crippen LogP contribution is 2.25. The molecule has 0 atom stereocenters. The highest BCUT2D eigenvalue weighted by molar-refractivity contribution is 5.85. The van der Waals surface area contributed by atoms with Crippen molar-refractivity contribution in [3.05, 3.63) is 36.4 Å². The van der Waals surface area contributed by atoms with Crippen LogP contribution in [-0.4, -0.2) is 26.3 Å². The molecule has 0 fully saturated rings. The van der Waals surface area contributed by atoms with Crippen molar-refractivity contribution >= 4 is 17.2 Å². The zero-order valence-electron chi connectivity index (χ0n) is 14.3. The molecule has 0 saturated heterocycles. The number of unbranched alkanes of at least 4 members (excludes halogenated alkanes) is 3. The van der Waals surface area contributed by atoms with Crippen molar-refractivity contribution in [1.82, 2.24) is 0 Å². The molecule has 0 radical (unpaired) electrons. The van der Waals surface area contributed by atoms with Crippen LogP contribution in [0.5, 0.6) is 11.5 Å². The second kappa shape index (κ2) is 10.5. The maximum atomic E-state index is 10.0. The van der Waals surface area contributed by atoms with Crippen LogP contribution in [0.3, 0.4) is 0 Å². The minimum absolute atomic E-state index is 0.502.